The average Bonchev–Trinajstić information content (AvgIpc) is 3.31. The van der Waals surface area contributed by atoms with Crippen LogP contribution in [0.5, 0.6) is 0 Å². The zero-order chi connectivity index (χ0) is 31.7. The summed E-state index contributed by atoms with van der Waals surface area (Å²) >= 11 is 0.953. The van der Waals surface area contributed by atoms with Gasteiger partial charge < -0.3 is 14.2 Å². The lowest BCUT2D eigenvalue weighted by Crippen LogP contribution is -2.41. The van der Waals surface area contributed by atoms with Crippen molar-refractivity contribution < 1.29 is 42.2 Å². The molecule has 2 N–H and O–H groups in total. The lowest BCUT2D eigenvalue weighted by molar-refractivity contribution is -0.148. The topological polar surface area (TPSA) is 230 Å². The standard InChI is InChI=1S/C23H35N6O11PS/c1-13-10-29(22(34)25-19(13)31)18-9-15(26-28-24)17(40-18)12-39-41(35,38-7-8-42-21(33)23(3,4)5)27-16(20(32)36-6)11-37-14(2)30/h10,15-18H,7-9,11-12H2,1-6H3,(H,27,35)(H,25,31,34)/t15-,16-,17+,18+,41?/m0/s1. The third-order valence-corrected chi connectivity index (χ3v) is 8.60. The van der Waals surface area contributed by atoms with Gasteiger partial charge in [0.15, 0.2) is 5.12 Å². The fourth-order valence-corrected chi connectivity index (χ4v) is 5.88. The first-order chi connectivity index (χ1) is 19.6. The van der Waals surface area contributed by atoms with Gasteiger partial charge in [0, 0.05) is 41.2 Å². The average molecular weight is 635 g/mol. The fraction of sp³-hybridized carbons (Fsp3) is 0.696. The Morgan fingerprint density at radius 1 is 1.33 bits per heavy atom. The van der Waals surface area contributed by atoms with Crippen molar-refractivity contribution in [3.05, 3.63) is 43.0 Å². The molecule has 0 amide bonds. The number of aromatic nitrogens is 2. The van der Waals surface area contributed by atoms with E-state index in [0.29, 0.717) is 0 Å². The Morgan fingerprint density at radius 3 is 2.62 bits per heavy atom. The zero-order valence-electron chi connectivity index (χ0n) is 24.1. The van der Waals surface area contributed by atoms with Crippen LogP contribution in [0.4, 0.5) is 0 Å². The van der Waals surface area contributed by atoms with Crippen molar-refractivity contribution in [2.24, 2.45) is 10.5 Å². The molecule has 1 unspecified atom stereocenters. The van der Waals surface area contributed by atoms with Crippen molar-refractivity contribution in [1.82, 2.24) is 14.6 Å². The maximum Gasteiger partial charge on any atom is 0.406 e. The second-order valence-electron chi connectivity index (χ2n) is 10.1. The van der Waals surface area contributed by atoms with Gasteiger partial charge in [-0.05, 0) is 12.5 Å². The molecule has 0 radical (unpaired) electrons. The van der Waals surface area contributed by atoms with Crippen molar-refractivity contribution >= 4 is 36.6 Å². The molecule has 0 saturated carbocycles. The molecule has 0 bridgehead atoms. The smallest absolute Gasteiger partial charge is 0.406 e. The summed E-state index contributed by atoms with van der Waals surface area (Å²) in [6, 6.07) is -2.34. The molecule has 2 rings (SSSR count). The number of nitrogens with one attached hydrogen (secondary N) is 2. The number of azide groups is 1. The first-order valence-electron chi connectivity index (χ1n) is 12.7. The van der Waals surface area contributed by atoms with Crippen LogP contribution >= 0.6 is 19.5 Å². The molecule has 5 atom stereocenters. The molecule has 17 nitrogen and oxygen atoms in total. The number of esters is 2. The molecular weight excluding hydrogens is 599 g/mol. The van der Waals surface area contributed by atoms with Crippen LogP contribution in [0, 0.1) is 12.3 Å². The Morgan fingerprint density at radius 2 is 2.02 bits per heavy atom. The van der Waals surface area contributed by atoms with Crippen LogP contribution in [0.2, 0.25) is 0 Å². The Bertz CT molecular complexity index is 1350. The van der Waals surface area contributed by atoms with E-state index >= 15 is 0 Å². The Hall–Kier alpha value is -2.98. The number of nitrogens with zero attached hydrogens (tertiary/aromatic N) is 4. The lowest BCUT2D eigenvalue weighted by atomic mass is 10.00. The molecule has 1 fully saturated rings. The Balaban J connectivity index is 2.25. The van der Waals surface area contributed by atoms with Crippen LogP contribution in [0.25, 0.3) is 10.4 Å². The van der Waals surface area contributed by atoms with Gasteiger partial charge in [0.2, 0.25) is 0 Å². The molecule has 0 aliphatic carbocycles. The van der Waals surface area contributed by atoms with Gasteiger partial charge in [0.25, 0.3) is 5.56 Å². The minimum absolute atomic E-state index is 0.0187. The maximum atomic E-state index is 13.8. The molecule has 2 heterocycles. The third-order valence-electron chi connectivity index (χ3n) is 5.71. The highest BCUT2D eigenvalue weighted by Crippen LogP contribution is 2.46. The molecule has 1 aliphatic rings. The van der Waals surface area contributed by atoms with Crippen LogP contribution in [-0.2, 0) is 42.2 Å². The molecule has 19 heteroatoms. The summed E-state index contributed by atoms with van der Waals surface area (Å²) in [5.41, 5.74) is 7.35. The Kier molecular flexibility index (Phi) is 13.0. The molecule has 0 spiro atoms. The number of aromatic amines is 1. The van der Waals surface area contributed by atoms with E-state index in [4.69, 9.17) is 28.8 Å². The van der Waals surface area contributed by atoms with Gasteiger partial charge in [-0.15, -0.1) is 0 Å². The predicted octanol–water partition coefficient (Wildman–Crippen LogP) is 1.95. The summed E-state index contributed by atoms with van der Waals surface area (Å²) in [6.45, 7) is 6.52. The van der Waals surface area contributed by atoms with E-state index in [1.807, 2.05) is 0 Å². The minimum atomic E-state index is -4.41. The molecule has 42 heavy (non-hydrogen) atoms. The lowest BCUT2D eigenvalue weighted by Gasteiger charge is -2.25. The van der Waals surface area contributed by atoms with Crippen molar-refractivity contribution in [1.29, 1.82) is 0 Å². The normalized spacial score (nSPS) is 20.7. The molecular formula is C23H35N6O11PS. The van der Waals surface area contributed by atoms with Crippen LogP contribution in [0.3, 0.4) is 0 Å². The number of ether oxygens (including phenoxy) is 3. The third kappa shape index (κ3) is 10.4. The predicted molar refractivity (Wildman–Crippen MR) is 150 cm³/mol. The molecule has 1 aliphatic heterocycles. The van der Waals surface area contributed by atoms with E-state index in [0.717, 1.165) is 30.4 Å². The van der Waals surface area contributed by atoms with Gasteiger partial charge in [-0.25, -0.2) is 14.4 Å². The zero-order valence-corrected chi connectivity index (χ0v) is 25.8. The quantitative estimate of drug-likeness (QED) is 0.0745. The number of methoxy groups -OCH3 is 1. The number of rotatable bonds is 14. The number of carbonyl (C=O) groups excluding carboxylic acids is 3. The van der Waals surface area contributed by atoms with Crippen LogP contribution in [-0.4, -0.2) is 77.5 Å². The van der Waals surface area contributed by atoms with Gasteiger partial charge in [-0.2, -0.15) is 0 Å². The van der Waals surface area contributed by atoms with Crippen molar-refractivity contribution in [2.75, 3.05) is 32.7 Å². The molecule has 234 valence electrons. The highest BCUT2D eigenvalue weighted by molar-refractivity contribution is 8.13. The van der Waals surface area contributed by atoms with Crippen LogP contribution in [0.15, 0.2) is 20.9 Å². The minimum Gasteiger partial charge on any atom is -0.468 e. The van der Waals surface area contributed by atoms with Crippen molar-refractivity contribution in [3.63, 3.8) is 0 Å². The van der Waals surface area contributed by atoms with Gasteiger partial charge in [-0.1, -0.05) is 37.6 Å². The number of carbonyl (C=O) groups is 3. The highest BCUT2D eigenvalue weighted by atomic mass is 32.2. The fourth-order valence-electron chi connectivity index (χ4n) is 3.51. The maximum absolute atomic E-state index is 13.8. The largest absolute Gasteiger partial charge is 0.468 e. The number of hydrogen-bond acceptors (Lipinski definition) is 13. The van der Waals surface area contributed by atoms with E-state index in [1.54, 1.807) is 20.8 Å². The van der Waals surface area contributed by atoms with Gasteiger partial charge >= 0.3 is 25.4 Å². The summed E-state index contributed by atoms with van der Waals surface area (Å²) < 4.78 is 41.4. The number of thioether (sulfide) groups is 1. The van der Waals surface area contributed by atoms with E-state index < -0.39 is 74.0 Å². The van der Waals surface area contributed by atoms with Gasteiger partial charge in [-0.3, -0.25) is 37.8 Å². The summed E-state index contributed by atoms with van der Waals surface area (Å²) in [4.78, 5) is 65.0. The van der Waals surface area contributed by atoms with Crippen LogP contribution < -0.4 is 16.3 Å². The molecule has 1 aromatic rings. The van der Waals surface area contributed by atoms with E-state index in [1.165, 1.54) is 13.1 Å². The second-order valence-corrected chi connectivity index (χ2v) is 13.0. The second kappa shape index (κ2) is 15.5. The summed E-state index contributed by atoms with van der Waals surface area (Å²) in [5, 5.41) is 5.96. The van der Waals surface area contributed by atoms with E-state index in [9.17, 15) is 28.5 Å². The van der Waals surface area contributed by atoms with Crippen molar-refractivity contribution in [2.45, 2.75) is 65.5 Å². The van der Waals surface area contributed by atoms with Crippen LogP contribution in [0.1, 0.15) is 45.9 Å². The molecule has 1 aromatic heterocycles. The molecule has 0 aromatic carbocycles. The number of aryl methyl sites for hydroxylation is 1. The first kappa shape index (κ1) is 35.2. The van der Waals surface area contributed by atoms with Gasteiger partial charge in [0.1, 0.15) is 18.9 Å². The summed E-state index contributed by atoms with van der Waals surface area (Å²) in [5.74, 6) is -1.55. The molecule has 1 saturated heterocycles. The summed E-state index contributed by atoms with van der Waals surface area (Å²) in [7, 11) is -3.34. The number of hydrogen-bond donors (Lipinski definition) is 2. The number of H-pyrrole nitrogens is 1. The van der Waals surface area contributed by atoms with E-state index in [2.05, 4.69) is 20.1 Å². The SMILES string of the molecule is COC(=O)[C@H](COC(C)=O)NP(=O)(OCCSC(=O)C(C)(C)C)OC[C@H]1O[C@@H](n2cc(C)c(=O)[nH]c2=O)C[C@@H]1N=[N+]=[N-]. The summed E-state index contributed by atoms with van der Waals surface area (Å²) in [6.07, 6.45) is -0.683. The van der Waals surface area contributed by atoms with Crippen molar-refractivity contribution in [3.8, 4) is 0 Å². The first-order valence-corrected chi connectivity index (χ1v) is 15.2. The highest BCUT2D eigenvalue weighted by Gasteiger charge is 2.40. The Labute approximate surface area is 245 Å². The monoisotopic (exact) mass is 634 g/mol. The van der Waals surface area contributed by atoms with Gasteiger partial charge in [0.05, 0.1) is 32.5 Å². The van der Waals surface area contributed by atoms with E-state index in [-0.39, 0.29) is 29.5 Å².